The monoisotopic (exact) mass is 1120 g/mol. The first kappa shape index (κ1) is 54.4. The normalized spacial score (nSPS) is 18.7. The number of hydrogen-bond donors (Lipinski definition) is 0. The summed E-state index contributed by atoms with van der Waals surface area (Å²) >= 11 is 23.0. The van der Waals surface area contributed by atoms with Crippen molar-refractivity contribution in [3.8, 4) is 34.5 Å². The Morgan fingerprint density at radius 1 is 0.280 bits per heavy atom. The molecule has 0 saturated heterocycles. The Hall–Kier alpha value is -3.93. The van der Waals surface area contributed by atoms with Crippen molar-refractivity contribution in [3.63, 3.8) is 0 Å². The summed E-state index contributed by atoms with van der Waals surface area (Å²) in [7, 11) is 0. The van der Waals surface area contributed by atoms with E-state index in [0.717, 1.165) is 119 Å². The van der Waals surface area contributed by atoms with Crippen LogP contribution in [0.15, 0.2) is 72.8 Å². The third-order valence-electron chi connectivity index (χ3n) is 15.6. The van der Waals surface area contributed by atoms with Gasteiger partial charge in [-0.3, -0.25) is 0 Å². The first-order chi connectivity index (χ1) is 36.5. The zero-order valence-electron chi connectivity index (χ0n) is 45.7. The van der Waals surface area contributed by atoms with Crippen molar-refractivity contribution in [3.05, 3.63) is 89.5 Å². The molecule has 3 aliphatic rings. The van der Waals surface area contributed by atoms with Crippen molar-refractivity contribution in [2.24, 2.45) is 0 Å². The van der Waals surface area contributed by atoms with Gasteiger partial charge >= 0.3 is 0 Å². The molecule has 0 fully saturated rings. The number of rotatable bonds is 27. The largest absolute Gasteiger partial charge is 0.489 e. The van der Waals surface area contributed by atoms with Crippen molar-refractivity contribution in [2.45, 2.75) is 139 Å². The van der Waals surface area contributed by atoms with Crippen LogP contribution in [0, 0.1) is 0 Å². The lowest BCUT2D eigenvalue weighted by Gasteiger charge is -2.29. The number of unbranched alkanes of at least 4 members (excludes halogenated alkanes) is 6. The lowest BCUT2D eigenvalue weighted by Crippen LogP contribution is -2.28. The van der Waals surface area contributed by atoms with E-state index in [1.807, 2.05) is 0 Å². The van der Waals surface area contributed by atoms with E-state index in [0.29, 0.717) is 74.1 Å². The number of benzene rings is 7. The lowest BCUT2D eigenvalue weighted by molar-refractivity contribution is 0.292. The van der Waals surface area contributed by atoms with Crippen LogP contribution in [0.25, 0.3) is 32.3 Å². The van der Waals surface area contributed by atoms with Crippen molar-refractivity contribution >= 4 is 134 Å². The minimum absolute atomic E-state index is 0.402. The van der Waals surface area contributed by atoms with E-state index in [4.69, 9.17) is 63.8 Å². The Morgan fingerprint density at radius 3 is 0.627 bits per heavy atom. The van der Waals surface area contributed by atoms with Gasteiger partial charge in [-0.2, -0.15) is 0 Å². The minimum atomic E-state index is -3.13. The van der Waals surface area contributed by atoms with Gasteiger partial charge in [0.15, 0.2) is 34.5 Å². The quantitative estimate of drug-likeness (QED) is 0.0285. The summed E-state index contributed by atoms with van der Waals surface area (Å²) in [5.41, 5.74) is 3.93. The molecule has 0 aliphatic carbocycles. The molecule has 6 nitrogen and oxygen atoms in total. The van der Waals surface area contributed by atoms with E-state index < -0.39 is 18.1 Å². The highest BCUT2D eigenvalue weighted by Crippen LogP contribution is 2.71. The molecule has 3 heterocycles. The first-order valence-corrected chi connectivity index (χ1v) is 36.6. The third kappa shape index (κ3) is 8.36. The lowest BCUT2D eigenvalue weighted by atomic mass is 9.93. The van der Waals surface area contributed by atoms with Crippen molar-refractivity contribution < 1.29 is 28.4 Å². The van der Waals surface area contributed by atoms with Gasteiger partial charge in [-0.25, -0.2) is 0 Å². The Morgan fingerprint density at radius 2 is 0.467 bits per heavy atom. The fourth-order valence-corrected chi connectivity index (χ4v) is 26.5. The Kier molecular flexibility index (Phi) is 16.3. The third-order valence-corrected chi connectivity index (χ3v) is 30.2. The highest BCUT2D eigenvalue weighted by atomic mass is 32.4. The summed E-state index contributed by atoms with van der Waals surface area (Å²) in [5.74, 6) is 4.14. The molecular weight excluding hydrogens is 1040 g/mol. The van der Waals surface area contributed by atoms with Crippen LogP contribution in [0.2, 0.25) is 0 Å². The molecule has 3 aliphatic heterocycles. The molecule has 75 heavy (non-hydrogen) atoms. The van der Waals surface area contributed by atoms with Crippen LogP contribution in [-0.4, -0.2) is 39.6 Å². The van der Waals surface area contributed by atoms with Crippen molar-refractivity contribution in [1.82, 2.24) is 0 Å². The smallest absolute Gasteiger partial charge is 0.171 e. The molecule has 0 spiro atoms. The van der Waals surface area contributed by atoms with Gasteiger partial charge in [-0.1, -0.05) is 168 Å². The summed E-state index contributed by atoms with van der Waals surface area (Å²) in [6, 6.07) is 18.2. The maximum Gasteiger partial charge on any atom is 0.171 e. The second kappa shape index (κ2) is 22.4. The van der Waals surface area contributed by atoms with E-state index in [9.17, 15) is 0 Å². The summed E-state index contributed by atoms with van der Waals surface area (Å²) in [4.78, 5) is 0. The molecule has 7 aromatic carbocycles. The van der Waals surface area contributed by atoms with Gasteiger partial charge in [0, 0.05) is 82.3 Å². The second-order valence-electron chi connectivity index (χ2n) is 20.1. The molecule has 0 radical (unpaired) electrons. The minimum Gasteiger partial charge on any atom is -0.489 e. The molecule has 0 atom stereocenters. The average molecular weight is 1120 g/mol. The van der Waals surface area contributed by atoms with Crippen molar-refractivity contribution in [1.29, 1.82) is 0 Å². The van der Waals surface area contributed by atoms with Crippen LogP contribution in [-0.2, 0) is 54.7 Å². The molecule has 0 aromatic heterocycles. The van der Waals surface area contributed by atoms with E-state index in [1.165, 1.54) is 55.2 Å². The maximum absolute atomic E-state index is 7.67. The number of aryl methyl sites for hydroxylation is 3. The van der Waals surface area contributed by atoms with Crippen LogP contribution in [0.4, 0.5) is 0 Å². The standard InChI is InChI=1S/C63H75O6P3S3/c1-10-19-22-25-40-28-34-43(35-29-40)70(73)58-46-47-49-51-50-48(46)60(54(66-15-6)52(58)64-13-4)71(74,44-36-30-41(31-37-44)26-23-20-11-2)62(50)56(68-17-8)57(69-18-9)63(51)72(75,45-38-32-42(33-39-45)27-24-21-12-3)61(49)55(67-16-7)53(59(47)70)65-14-5/h28-39H,10-27H2,1-9H3. The molecular formula is C63H75O6P3S3. The van der Waals surface area contributed by atoms with E-state index in [-0.39, 0.29) is 0 Å². The van der Waals surface area contributed by atoms with Gasteiger partial charge in [0.1, 0.15) is 0 Å². The fourth-order valence-electron chi connectivity index (χ4n) is 12.4. The van der Waals surface area contributed by atoms with Crippen LogP contribution >= 0.6 is 18.1 Å². The summed E-state index contributed by atoms with van der Waals surface area (Å²) in [6.45, 7) is 21.6. The molecule has 0 unspecified atom stereocenters. The van der Waals surface area contributed by atoms with Crippen LogP contribution in [0.3, 0.4) is 0 Å². The van der Waals surface area contributed by atoms with Crippen LogP contribution in [0.1, 0.15) is 137 Å². The second-order valence-corrected chi connectivity index (χ2v) is 32.9. The summed E-state index contributed by atoms with van der Waals surface area (Å²) in [6.07, 6.45) is 13.6. The van der Waals surface area contributed by atoms with Gasteiger partial charge < -0.3 is 28.4 Å². The summed E-state index contributed by atoms with van der Waals surface area (Å²) < 4.78 is 43.2. The SMILES string of the molecule is CCCCCc1ccc(P2(=S)c3c(OCC)c(OCC)c4c5c3c3c2c(OCC)c(OCC)c2c3c3c(c(OCC)c(OCC)c(c53)P4(=S)c3ccc(CCCCC)cc3)P2(=S)c2ccc(CCCCC)cc2)cc1. The van der Waals surface area contributed by atoms with Crippen LogP contribution in [0.5, 0.6) is 34.5 Å². The zero-order chi connectivity index (χ0) is 52.8. The van der Waals surface area contributed by atoms with Gasteiger partial charge in [0.25, 0.3) is 0 Å². The zero-order valence-corrected chi connectivity index (χ0v) is 50.8. The molecule has 0 bridgehead atoms. The predicted octanol–water partition coefficient (Wildman–Crippen LogP) is 12.9. The van der Waals surface area contributed by atoms with Gasteiger partial charge in [-0.05, 0) is 113 Å². The average Bonchev–Trinajstić information content (AvgIpc) is 4.20. The van der Waals surface area contributed by atoms with E-state index in [1.54, 1.807) is 0 Å². The summed E-state index contributed by atoms with van der Waals surface area (Å²) in [5, 5.41) is 15.8. The fraction of sp³-hybridized carbons (Fsp3) is 0.429. The van der Waals surface area contributed by atoms with Gasteiger partial charge in [-0.15, -0.1) is 0 Å². The predicted molar refractivity (Wildman–Crippen MR) is 335 cm³/mol. The highest BCUT2D eigenvalue weighted by molar-refractivity contribution is 8.28. The molecule has 0 N–H and O–H groups in total. The maximum atomic E-state index is 7.67. The number of ether oxygens (including phenoxy) is 6. The van der Waals surface area contributed by atoms with Gasteiger partial charge in [0.05, 0.1) is 39.6 Å². The van der Waals surface area contributed by atoms with Crippen molar-refractivity contribution in [2.75, 3.05) is 39.6 Å². The molecule has 396 valence electrons. The molecule has 7 aromatic rings. The first-order valence-electron chi connectivity index (χ1n) is 28.2. The molecule has 0 saturated carbocycles. The van der Waals surface area contributed by atoms with E-state index in [2.05, 4.69) is 135 Å². The molecule has 12 heteroatoms. The van der Waals surface area contributed by atoms with Gasteiger partial charge in [0.2, 0.25) is 0 Å². The molecule has 0 amide bonds. The highest BCUT2D eigenvalue weighted by Gasteiger charge is 2.56. The Balaban J connectivity index is 1.47. The topological polar surface area (TPSA) is 55.4 Å². The number of hydrogen-bond acceptors (Lipinski definition) is 9. The van der Waals surface area contributed by atoms with Crippen LogP contribution < -0.4 is 76.2 Å². The molecule has 10 rings (SSSR count). The Labute approximate surface area is 462 Å². The van der Waals surface area contributed by atoms with E-state index >= 15 is 0 Å². The Bertz CT molecular complexity index is 2950.